The molecule has 2 aromatic rings. The van der Waals surface area contributed by atoms with Gasteiger partial charge in [0, 0.05) is 18.0 Å². The molecule has 2 aromatic heterocycles. The number of hydrogen-bond donors (Lipinski definition) is 2. The van der Waals surface area contributed by atoms with Crippen molar-refractivity contribution in [2.24, 2.45) is 0 Å². The average molecular weight is 286 g/mol. The third kappa shape index (κ3) is 6.11. The largest absolute Gasteiger partial charge is 0.481 e. The van der Waals surface area contributed by atoms with Crippen LogP contribution in [0, 0.1) is 0 Å². The van der Waals surface area contributed by atoms with Crippen LogP contribution in [0.25, 0.3) is 11.4 Å². The maximum Gasteiger partial charge on any atom is 0.331 e. The predicted molar refractivity (Wildman–Crippen MR) is 76.5 cm³/mol. The number of nitrogens with zero attached hydrogens (tertiary/aromatic N) is 2. The van der Waals surface area contributed by atoms with Gasteiger partial charge < -0.3 is 10.2 Å². The third-order valence-corrected chi connectivity index (χ3v) is 2.26. The van der Waals surface area contributed by atoms with E-state index in [4.69, 9.17) is 10.2 Å². The fourth-order valence-corrected chi connectivity index (χ4v) is 1.29. The van der Waals surface area contributed by atoms with E-state index in [0.29, 0.717) is 0 Å². The summed E-state index contributed by atoms with van der Waals surface area (Å²) in [6.07, 6.45) is 3.03. The molecule has 0 atom stereocenters. The first-order chi connectivity index (χ1) is 10.0. The number of carboxylic acids is 2. The Labute approximate surface area is 121 Å². The van der Waals surface area contributed by atoms with E-state index in [1.165, 1.54) is 0 Å². The van der Waals surface area contributed by atoms with Gasteiger partial charge in [0.15, 0.2) is 0 Å². The maximum atomic E-state index is 9.87. The molecule has 0 aliphatic carbocycles. The van der Waals surface area contributed by atoms with Crippen LogP contribution in [0.15, 0.2) is 60.9 Å². The smallest absolute Gasteiger partial charge is 0.331 e. The van der Waals surface area contributed by atoms with Crippen molar-refractivity contribution in [1.29, 1.82) is 0 Å². The zero-order valence-electron chi connectivity index (χ0n) is 11.1. The van der Waals surface area contributed by atoms with Crippen LogP contribution in [-0.2, 0) is 9.59 Å². The van der Waals surface area contributed by atoms with Crippen LogP contribution in [0.3, 0.4) is 0 Å². The summed E-state index contributed by atoms with van der Waals surface area (Å²) in [7, 11) is 0. The molecule has 6 heteroatoms. The van der Waals surface area contributed by atoms with Gasteiger partial charge in [0.25, 0.3) is 0 Å². The summed E-state index contributed by atoms with van der Waals surface area (Å²) < 4.78 is 0. The van der Waals surface area contributed by atoms with Crippen LogP contribution in [0.1, 0.15) is 6.42 Å². The second-order valence-electron chi connectivity index (χ2n) is 3.91. The number of carbonyl (C=O) groups is 2. The van der Waals surface area contributed by atoms with E-state index >= 15 is 0 Å². The lowest BCUT2D eigenvalue weighted by atomic mass is 10.2. The summed E-state index contributed by atoms with van der Waals surface area (Å²) in [6.45, 7) is 3.01. The molecule has 0 aromatic carbocycles. The molecule has 0 saturated heterocycles. The zero-order valence-corrected chi connectivity index (χ0v) is 11.1. The van der Waals surface area contributed by atoms with Gasteiger partial charge in [0.05, 0.1) is 17.8 Å². The molecular weight excluding hydrogens is 272 g/mol. The molecule has 0 radical (unpaired) electrons. The highest BCUT2D eigenvalue weighted by Crippen LogP contribution is 2.10. The minimum Gasteiger partial charge on any atom is -0.481 e. The Morgan fingerprint density at radius 3 is 1.67 bits per heavy atom. The quantitative estimate of drug-likeness (QED) is 0.836. The fourth-order valence-electron chi connectivity index (χ4n) is 1.29. The van der Waals surface area contributed by atoms with Crippen LogP contribution in [0.5, 0.6) is 0 Å². The molecule has 0 spiro atoms. The summed E-state index contributed by atoms with van der Waals surface area (Å²) in [5.74, 6) is -2.44. The molecule has 0 bridgehead atoms. The van der Waals surface area contributed by atoms with Crippen molar-refractivity contribution in [3.63, 3.8) is 0 Å². The Balaban J connectivity index is 0.000000222. The van der Waals surface area contributed by atoms with Crippen LogP contribution in [-0.4, -0.2) is 32.1 Å². The van der Waals surface area contributed by atoms with E-state index in [2.05, 4.69) is 16.5 Å². The van der Waals surface area contributed by atoms with E-state index in [1.807, 2.05) is 36.4 Å². The topological polar surface area (TPSA) is 100 Å². The first kappa shape index (κ1) is 16.0. The summed E-state index contributed by atoms with van der Waals surface area (Å²) >= 11 is 0. The Morgan fingerprint density at radius 2 is 1.43 bits per heavy atom. The summed E-state index contributed by atoms with van der Waals surface area (Å²) in [5, 5.41) is 16.1. The first-order valence-corrected chi connectivity index (χ1v) is 5.96. The second-order valence-corrected chi connectivity index (χ2v) is 3.91. The van der Waals surface area contributed by atoms with Gasteiger partial charge in [-0.05, 0) is 24.3 Å². The molecule has 108 valence electrons. The van der Waals surface area contributed by atoms with Crippen molar-refractivity contribution >= 4 is 11.9 Å². The highest BCUT2D eigenvalue weighted by atomic mass is 16.4. The van der Waals surface area contributed by atoms with Gasteiger partial charge >= 0.3 is 11.9 Å². The van der Waals surface area contributed by atoms with E-state index < -0.39 is 18.4 Å². The maximum absolute atomic E-state index is 9.87. The monoisotopic (exact) mass is 286 g/mol. The van der Waals surface area contributed by atoms with Gasteiger partial charge in [0.2, 0.25) is 0 Å². The van der Waals surface area contributed by atoms with E-state index in [-0.39, 0.29) is 5.57 Å². The summed E-state index contributed by atoms with van der Waals surface area (Å²) in [5.41, 5.74) is 1.53. The minimum atomic E-state index is -1.27. The van der Waals surface area contributed by atoms with Gasteiger partial charge in [0.1, 0.15) is 0 Å². The van der Waals surface area contributed by atoms with E-state index in [1.54, 1.807) is 12.4 Å². The second kappa shape index (κ2) is 8.21. The van der Waals surface area contributed by atoms with Gasteiger partial charge in [-0.15, -0.1) is 0 Å². The molecule has 0 unspecified atom stereocenters. The predicted octanol–water partition coefficient (Wildman–Crippen LogP) is 2.25. The van der Waals surface area contributed by atoms with Crippen molar-refractivity contribution < 1.29 is 19.8 Å². The van der Waals surface area contributed by atoms with Crippen LogP contribution in [0.2, 0.25) is 0 Å². The number of rotatable bonds is 4. The molecular formula is C15H14N2O4. The number of aromatic nitrogens is 2. The van der Waals surface area contributed by atoms with E-state index in [9.17, 15) is 9.59 Å². The summed E-state index contributed by atoms with van der Waals surface area (Å²) in [4.78, 5) is 28.0. The van der Waals surface area contributed by atoms with Crippen LogP contribution in [0.4, 0.5) is 0 Å². The van der Waals surface area contributed by atoms with Crippen molar-refractivity contribution in [2.45, 2.75) is 6.42 Å². The normalized spacial score (nSPS) is 9.14. The Kier molecular flexibility index (Phi) is 6.27. The van der Waals surface area contributed by atoms with Gasteiger partial charge in [-0.3, -0.25) is 14.8 Å². The molecule has 0 aliphatic rings. The number of pyridine rings is 2. The van der Waals surface area contributed by atoms with Gasteiger partial charge in [-0.2, -0.15) is 0 Å². The van der Waals surface area contributed by atoms with Gasteiger partial charge in [-0.25, -0.2) is 4.79 Å². The average Bonchev–Trinajstić information content (AvgIpc) is 2.49. The highest BCUT2D eigenvalue weighted by molar-refractivity contribution is 5.91. The van der Waals surface area contributed by atoms with Crippen molar-refractivity contribution in [3.05, 3.63) is 60.9 Å². The molecule has 0 saturated carbocycles. The molecule has 0 fully saturated rings. The lowest BCUT2D eigenvalue weighted by Crippen LogP contribution is -2.04. The van der Waals surface area contributed by atoms with E-state index in [0.717, 1.165) is 11.4 Å². The lowest BCUT2D eigenvalue weighted by molar-refractivity contribution is -0.139. The molecule has 2 N–H and O–H groups in total. The SMILES string of the molecule is C=C(CC(=O)O)C(=O)O.c1ccc(-c2ccccn2)nc1. The fraction of sp³-hybridized carbons (Fsp3) is 0.0667. The molecule has 0 amide bonds. The molecule has 2 rings (SSSR count). The van der Waals surface area contributed by atoms with Gasteiger partial charge in [-0.1, -0.05) is 18.7 Å². The lowest BCUT2D eigenvalue weighted by Gasteiger charge is -1.96. The van der Waals surface area contributed by atoms with Crippen LogP contribution < -0.4 is 0 Å². The van der Waals surface area contributed by atoms with Crippen molar-refractivity contribution in [3.8, 4) is 11.4 Å². The molecule has 2 heterocycles. The number of aliphatic carboxylic acids is 2. The van der Waals surface area contributed by atoms with Crippen molar-refractivity contribution in [2.75, 3.05) is 0 Å². The first-order valence-electron chi connectivity index (χ1n) is 5.96. The van der Waals surface area contributed by atoms with Crippen LogP contribution >= 0.6 is 0 Å². The molecule has 6 nitrogen and oxygen atoms in total. The Morgan fingerprint density at radius 1 is 0.952 bits per heavy atom. The Hall–Kier alpha value is -3.02. The minimum absolute atomic E-state index is 0.303. The summed E-state index contributed by atoms with van der Waals surface area (Å²) in [6, 6.07) is 11.6. The Bertz CT molecular complexity index is 575. The zero-order chi connectivity index (χ0) is 15.7. The number of hydrogen-bond acceptors (Lipinski definition) is 4. The standard InChI is InChI=1S/C10H8N2.C5H6O4/c1-3-7-11-9(5-1)10-6-2-4-8-12-10;1-3(5(8)9)2-4(6)7/h1-8H;1-2H2,(H,6,7)(H,8,9). The van der Waals surface area contributed by atoms with Crippen molar-refractivity contribution in [1.82, 2.24) is 9.97 Å². The molecule has 21 heavy (non-hydrogen) atoms. The third-order valence-electron chi connectivity index (χ3n) is 2.26. The number of carboxylic acid groups (broad SMARTS) is 2. The highest BCUT2D eigenvalue weighted by Gasteiger charge is 2.07. The molecule has 0 aliphatic heterocycles.